The molecular weight excluding hydrogens is 729 g/mol. The second-order valence-electron chi connectivity index (χ2n) is 16.5. The summed E-state index contributed by atoms with van der Waals surface area (Å²) in [6, 6.07) is 74.7. The van der Waals surface area contributed by atoms with Crippen LogP contribution >= 0.6 is 0 Å². The number of fused-ring (bicyclic) bond motifs is 10. The summed E-state index contributed by atoms with van der Waals surface area (Å²) >= 11 is 0. The van der Waals surface area contributed by atoms with E-state index in [0.29, 0.717) is 0 Å². The van der Waals surface area contributed by atoms with Gasteiger partial charge in [0, 0.05) is 60.8 Å². The highest BCUT2D eigenvalue weighted by Crippen LogP contribution is 2.53. The van der Waals surface area contributed by atoms with Crippen LogP contribution in [0.15, 0.2) is 211 Å². The average Bonchev–Trinajstić information content (AvgIpc) is 3.93. The monoisotopic (exact) mass is 768 g/mol. The minimum Gasteiger partial charge on any atom is -0.455 e. The van der Waals surface area contributed by atoms with E-state index in [9.17, 15) is 0 Å². The number of para-hydroxylation sites is 3. The van der Waals surface area contributed by atoms with Crippen LogP contribution in [0.25, 0.3) is 82.8 Å². The molecule has 12 rings (SSSR count). The Morgan fingerprint density at radius 1 is 0.400 bits per heavy atom. The molecule has 0 aliphatic heterocycles. The maximum Gasteiger partial charge on any atom is 0.143 e. The molecule has 0 saturated carbocycles. The van der Waals surface area contributed by atoms with Gasteiger partial charge in [-0.3, -0.25) is 0 Å². The zero-order valence-corrected chi connectivity index (χ0v) is 33.4. The predicted octanol–water partition coefficient (Wildman–Crippen LogP) is 15.8. The lowest BCUT2D eigenvalue weighted by atomic mass is 9.82. The van der Waals surface area contributed by atoms with E-state index < -0.39 is 0 Å². The third kappa shape index (κ3) is 5.15. The summed E-state index contributed by atoms with van der Waals surface area (Å²) in [6.07, 6.45) is 0. The molecule has 0 fully saturated rings. The van der Waals surface area contributed by atoms with Gasteiger partial charge in [-0.25, -0.2) is 0 Å². The fraction of sp³-hybridized carbons (Fsp3) is 0.0526. The van der Waals surface area contributed by atoms with Crippen molar-refractivity contribution >= 4 is 60.8 Å². The van der Waals surface area contributed by atoms with Crippen LogP contribution in [0, 0.1) is 0 Å². The van der Waals surface area contributed by atoms with Gasteiger partial charge in [0.1, 0.15) is 11.2 Å². The van der Waals surface area contributed by atoms with Crippen molar-refractivity contribution < 1.29 is 4.42 Å². The number of nitrogens with zero attached hydrogens (tertiary/aromatic N) is 2. The number of hydrogen-bond acceptors (Lipinski definition) is 2. The summed E-state index contributed by atoms with van der Waals surface area (Å²) in [6.45, 7) is 4.65. The summed E-state index contributed by atoms with van der Waals surface area (Å²) < 4.78 is 9.46. The van der Waals surface area contributed by atoms with E-state index in [1.54, 1.807) is 0 Å². The smallest absolute Gasteiger partial charge is 0.143 e. The number of furan rings is 1. The lowest BCUT2D eigenvalue weighted by molar-refractivity contribution is 0.620. The van der Waals surface area contributed by atoms with E-state index >= 15 is 0 Å². The maximum atomic E-state index is 7.08. The first-order chi connectivity index (χ1) is 29.5. The third-order valence-corrected chi connectivity index (χ3v) is 12.8. The Morgan fingerprint density at radius 2 is 1.02 bits per heavy atom. The minimum absolute atomic E-state index is 0.176. The van der Waals surface area contributed by atoms with Crippen molar-refractivity contribution in [2.75, 3.05) is 4.90 Å². The van der Waals surface area contributed by atoms with Gasteiger partial charge >= 0.3 is 0 Å². The fourth-order valence-corrected chi connectivity index (χ4v) is 9.98. The van der Waals surface area contributed by atoms with Crippen LogP contribution < -0.4 is 4.90 Å². The summed E-state index contributed by atoms with van der Waals surface area (Å²) in [5.41, 5.74) is 18.2. The van der Waals surface area contributed by atoms with Crippen molar-refractivity contribution in [2.24, 2.45) is 0 Å². The van der Waals surface area contributed by atoms with E-state index in [-0.39, 0.29) is 5.41 Å². The lowest BCUT2D eigenvalue weighted by Gasteiger charge is -2.26. The summed E-state index contributed by atoms with van der Waals surface area (Å²) in [7, 11) is 0. The fourth-order valence-electron chi connectivity index (χ4n) is 9.98. The van der Waals surface area contributed by atoms with Gasteiger partial charge in [0.2, 0.25) is 0 Å². The zero-order valence-electron chi connectivity index (χ0n) is 33.4. The van der Waals surface area contributed by atoms with Crippen molar-refractivity contribution in [3.63, 3.8) is 0 Å². The average molecular weight is 769 g/mol. The molecule has 0 unspecified atom stereocenters. The van der Waals surface area contributed by atoms with Gasteiger partial charge in [-0.05, 0) is 100 Å². The van der Waals surface area contributed by atoms with E-state index in [1.165, 1.54) is 55.2 Å². The molecule has 0 radical (unpaired) electrons. The number of aromatic nitrogens is 1. The molecule has 1 aliphatic rings. The maximum absolute atomic E-state index is 7.08. The van der Waals surface area contributed by atoms with Crippen LogP contribution in [0.3, 0.4) is 0 Å². The molecule has 0 atom stereocenters. The molecule has 11 aromatic rings. The Bertz CT molecular complexity index is 3450. The van der Waals surface area contributed by atoms with Gasteiger partial charge in [-0.2, -0.15) is 0 Å². The van der Waals surface area contributed by atoms with Gasteiger partial charge in [-0.1, -0.05) is 153 Å². The molecule has 1 aliphatic carbocycles. The van der Waals surface area contributed by atoms with Gasteiger partial charge < -0.3 is 13.9 Å². The molecule has 0 N–H and O–H groups in total. The lowest BCUT2D eigenvalue weighted by Crippen LogP contribution is -2.15. The second kappa shape index (κ2) is 13.2. The molecule has 3 nitrogen and oxygen atoms in total. The second-order valence-corrected chi connectivity index (χ2v) is 16.5. The van der Waals surface area contributed by atoms with Crippen LogP contribution in [-0.4, -0.2) is 4.57 Å². The molecule has 2 aromatic heterocycles. The first kappa shape index (κ1) is 34.4. The predicted molar refractivity (Wildman–Crippen MR) is 251 cm³/mol. The van der Waals surface area contributed by atoms with Crippen molar-refractivity contribution in [3.8, 4) is 39.1 Å². The topological polar surface area (TPSA) is 21.3 Å². The Kier molecular flexibility index (Phi) is 7.58. The molecule has 3 heteroatoms. The molecule has 2 heterocycles. The number of benzene rings is 9. The highest BCUT2D eigenvalue weighted by Gasteiger charge is 2.38. The quantitative estimate of drug-likeness (QED) is 0.168. The normalized spacial score (nSPS) is 13.0. The molecule has 0 bridgehead atoms. The molecule has 0 saturated heterocycles. The van der Waals surface area contributed by atoms with Crippen molar-refractivity contribution in [1.82, 2.24) is 4.57 Å². The van der Waals surface area contributed by atoms with Crippen LogP contribution in [0.2, 0.25) is 0 Å². The number of anilines is 3. The van der Waals surface area contributed by atoms with Crippen LogP contribution in [0.4, 0.5) is 17.1 Å². The molecule has 0 amide bonds. The molecule has 9 aromatic carbocycles. The Morgan fingerprint density at radius 3 is 1.87 bits per heavy atom. The van der Waals surface area contributed by atoms with Crippen molar-refractivity contribution in [3.05, 3.63) is 217 Å². The third-order valence-electron chi connectivity index (χ3n) is 12.8. The number of rotatable bonds is 6. The molecule has 284 valence electrons. The van der Waals surface area contributed by atoms with Crippen LogP contribution in [0.5, 0.6) is 0 Å². The van der Waals surface area contributed by atoms with E-state index in [1.807, 2.05) is 0 Å². The standard InChI is InChI=1S/C57H40N2O/c1-57(2)51-25-11-9-21-45(51)47-32-33-49-48-24-14-23-44(55(48)60-56(49)54(47)57)39-17-13-20-42(35-39)58(41-29-27-38(28-30-41)37-15-5-3-6-16-37)43-31-34-53-50(36-43)46-22-10-12-26-52(46)59(53)40-18-7-4-8-19-40/h3-36H,1-2H3. The Hall–Kier alpha value is -7.62. The Balaban J connectivity index is 1.04. The largest absolute Gasteiger partial charge is 0.455 e. The highest BCUT2D eigenvalue weighted by atomic mass is 16.3. The summed E-state index contributed by atoms with van der Waals surface area (Å²) in [4.78, 5) is 2.39. The zero-order chi connectivity index (χ0) is 40.0. The van der Waals surface area contributed by atoms with Gasteiger partial charge in [0.15, 0.2) is 0 Å². The van der Waals surface area contributed by atoms with Crippen LogP contribution in [0.1, 0.15) is 25.0 Å². The van der Waals surface area contributed by atoms with E-state index in [4.69, 9.17) is 4.42 Å². The Labute approximate surface area is 349 Å². The SMILES string of the molecule is CC1(C)c2ccccc2-c2ccc3c(oc4c(-c5cccc(N(c6ccc(-c7ccccc7)cc6)c6ccc7c(c6)c6ccccc6n7-c6ccccc6)c5)cccc43)c21. The van der Waals surface area contributed by atoms with Gasteiger partial charge in [0.05, 0.1) is 11.0 Å². The molecular formula is C57H40N2O. The minimum atomic E-state index is -0.176. The number of hydrogen-bond donors (Lipinski definition) is 0. The van der Waals surface area contributed by atoms with Crippen molar-refractivity contribution in [2.45, 2.75) is 19.3 Å². The van der Waals surface area contributed by atoms with E-state index in [2.05, 4.69) is 230 Å². The van der Waals surface area contributed by atoms with Gasteiger partial charge in [-0.15, -0.1) is 0 Å². The first-order valence-electron chi connectivity index (χ1n) is 20.8. The molecule has 60 heavy (non-hydrogen) atoms. The van der Waals surface area contributed by atoms with Gasteiger partial charge in [0.25, 0.3) is 0 Å². The molecule has 0 spiro atoms. The van der Waals surface area contributed by atoms with Crippen molar-refractivity contribution in [1.29, 1.82) is 0 Å². The summed E-state index contributed by atoms with van der Waals surface area (Å²) in [5.74, 6) is 0. The van der Waals surface area contributed by atoms with E-state index in [0.717, 1.165) is 55.8 Å². The highest BCUT2D eigenvalue weighted by molar-refractivity contribution is 6.13. The summed E-state index contributed by atoms with van der Waals surface area (Å²) in [5, 5.41) is 4.72. The van der Waals surface area contributed by atoms with Crippen LogP contribution in [-0.2, 0) is 5.41 Å². The first-order valence-corrected chi connectivity index (χ1v) is 20.8.